The van der Waals surface area contributed by atoms with Crippen LogP contribution in [0.5, 0.6) is 0 Å². The molecular weight excluding hydrogens is 336 g/mol. The first-order valence-corrected chi connectivity index (χ1v) is 9.73. The van der Waals surface area contributed by atoms with E-state index >= 15 is 0 Å². The van der Waals surface area contributed by atoms with Gasteiger partial charge < -0.3 is 9.30 Å². The van der Waals surface area contributed by atoms with Crippen molar-refractivity contribution < 1.29 is 9.53 Å². The summed E-state index contributed by atoms with van der Waals surface area (Å²) >= 11 is 0. The van der Waals surface area contributed by atoms with Crippen molar-refractivity contribution >= 4 is 16.9 Å². The number of aromatic nitrogens is 1. The Kier molecular flexibility index (Phi) is 4.01. The minimum atomic E-state index is -0.0770. The maximum atomic E-state index is 12.5. The van der Waals surface area contributed by atoms with Gasteiger partial charge in [-0.2, -0.15) is 0 Å². The van der Waals surface area contributed by atoms with Crippen molar-refractivity contribution in [3.8, 4) is 0 Å². The second-order valence-electron chi connectivity index (χ2n) is 7.60. The number of benzene rings is 2. The lowest BCUT2D eigenvalue weighted by Gasteiger charge is -2.33. The first kappa shape index (κ1) is 16.6. The van der Waals surface area contributed by atoms with Crippen LogP contribution in [-0.2, 0) is 22.5 Å². The van der Waals surface area contributed by atoms with Crippen LogP contribution in [0.25, 0.3) is 10.9 Å². The molecule has 2 atom stereocenters. The van der Waals surface area contributed by atoms with Crippen LogP contribution in [0.2, 0.25) is 0 Å². The number of rotatable bonds is 3. The number of esters is 1. The fourth-order valence-electron chi connectivity index (χ4n) is 5.06. The van der Waals surface area contributed by atoms with Gasteiger partial charge in [-0.15, -0.1) is 0 Å². The second-order valence-corrected chi connectivity index (χ2v) is 7.60. The van der Waals surface area contributed by atoms with E-state index in [1.807, 2.05) is 0 Å². The highest BCUT2D eigenvalue weighted by molar-refractivity contribution is 5.87. The molecular formula is C23H24N2O2. The molecule has 138 valence electrons. The van der Waals surface area contributed by atoms with Gasteiger partial charge in [0.1, 0.15) is 0 Å². The third kappa shape index (κ3) is 2.59. The summed E-state index contributed by atoms with van der Waals surface area (Å²) in [6.07, 6.45) is 1.92. The maximum Gasteiger partial charge on any atom is 0.310 e. The van der Waals surface area contributed by atoms with Gasteiger partial charge >= 0.3 is 5.97 Å². The predicted molar refractivity (Wildman–Crippen MR) is 106 cm³/mol. The van der Waals surface area contributed by atoms with E-state index in [0.717, 1.165) is 32.5 Å². The summed E-state index contributed by atoms with van der Waals surface area (Å²) in [5.41, 5.74) is 5.28. The summed E-state index contributed by atoms with van der Waals surface area (Å²) in [5, 5.41) is 1.33. The summed E-state index contributed by atoms with van der Waals surface area (Å²) in [5.74, 6) is -0.153. The lowest BCUT2D eigenvalue weighted by atomic mass is 9.91. The monoisotopic (exact) mass is 360 g/mol. The van der Waals surface area contributed by atoms with Gasteiger partial charge in [0.25, 0.3) is 0 Å². The molecule has 1 aromatic heterocycles. The molecule has 3 heterocycles. The Balaban J connectivity index is 1.70. The number of carbonyl (C=O) groups is 1. The molecule has 0 bridgehead atoms. The van der Waals surface area contributed by atoms with E-state index in [2.05, 4.69) is 64.1 Å². The quantitative estimate of drug-likeness (QED) is 0.667. The Labute approximate surface area is 159 Å². The second kappa shape index (κ2) is 6.54. The number of hydrogen-bond donors (Lipinski definition) is 0. The number of nitrogens with zero attached hydrogens (tertiary/aromatic N) is 2. The molecule has 2 aromatic carbocycles. The highest BCUT2D eigenvalue weighted by Gasteiger charge is 2.45. The summed E-state index contributed by atoms with van der Waals surface area (Å²) in [4.78, 5) is 15.0. The number of para-hydroxylation sites is 1. The molecule has 2 aliphatic heterocycles. The highest BCUT2D eigenvalue weighted by atomic mass is 16.5. The van der Waals surface area contributed by atoms with Crippen molar-refractivity contribution in [3.63, 3.8) is 0 Å². The molecule has 0 amide bonds. The molecule has 27 heavy (non-hydrogen) atoms. The van der Waals surface area contributed by atoms with Gasteiger partial charge in [0.15, 0.2) is 0 Å². The molecule has 0 spiro atoms. The Bertz CT molecular complexity index is 992. The van der Waals surface area contributed by atoms with Gasteiger partial charge in [0.05, 0.1) is 19.1 Å². The number of fused-ring (bicyclic) bond motifs is 5. The van der Waals surface area contributed by atoms with E-state index in [4.69, 9.17) is 4.74 Å². The van der Waals surface area contributed by atoms with Crippen molar-refractivity contribution in [2.24, 2.45) is 5.92 Å². The predicted octanol–water partition coefficient (Wildman–Crippen LogP) is 3.78. The van der Waals surface area contributed by atoms with Gasteiger partial charge in [-0.1, -0.05) is 48.5 Å². The summed E-state index contributed by atoms with van der Waals surface area (Å²) < 4.78 is 7.60. The van der Waals surface area contributed by atoms with Crippen molar-refractivity contribution in [3.05, 3.63) is 71.4 Å². The molecule has 1 fully saturated rings. The fraction of sp³-hybridized carbons (Fsp3) is 0.348. The normalized spacial score (nSPS) is 21.8. The third-order valence-electron chi connectivity index (χ3n) is 6.24. The number of hydrogen-bond acceptors (Lipinski definition) is 3. The van der Waals surface area contributed by atoms with Gasteiger partial charge in [0, 0.05) is 29.7 Å². The Morgan fingerprint density at radius 1 is 1.07 bits per heavy atom. The Morgan fingerprint density at radius 2 is 1.85 bits per heavy atom. The standard InChI is InChI=1S/C23H24N2O2/c1-27-23(26)19-12-14-24-13-11-18-17-9-5-6-10-20(17)25(22(18)21(19)24)15-16-7-3-2-4-8-16/h2-10,19,21H,11-15H2,1H3/t19-,21+/m0/s1. The van der Waals surface area contributed by atoms with Crippen LogP contribution in [0.4, 0.5) is 0 Å². The van der Waals surface area contributed by atoms with E-state index in [1.165, 1.54) is 34.8 Å². The molecule has 2 aliphatic rings. The number of methoxy groups -OCH3 is 1. The van der Waals surface area contributed by atoms with Crippen LogP contribution in [-0.4, -0.2) is 35.6 Å². The molecule has 3 aromatic rings. The van der Waals surface area contributed by atoms with E-state index in [1.54, 1.807) is 0 Å². The Morgan fingerprint density at radius 3 is 2.67 bits per heavy atom. The first-order chi connectivity index (χ1) is 13.3. The van der Waals surface area contributed by atoms with E-state index in [0.29, 0.717) is 0 Å². The number of carbonyl (C=O) groups excluding carboxylic acids is 1. The molecule has 1 saturated heterocycles. The van der Waals surface area contributed by atoms with Gasteiger partial charge in [0.2, 0.25) is 0 Å². The van der Waals surface area contributed by atoms with Crippen LogP contribution < -0.4 is 0 Å². The lowest BCUT2D eigenvalue weighted by molar-refractivity contribution is -0.146. The van der Waals surface area contributed by atoms with E-state index in [-0.39, 0.29) is 17.9 Å². The fourth-order valence-corrected chi connectivity index (χ4v) is 5.06. The molecule has 4 nitrogen and oxygen atoms in total. The average Bonchev–Trinajstić information content (AvgIpc) is 3.28. The van der Waals surface area contributed by atoms with Crippen LogP contribution in [0.1, 0.15) is 29.3 Å². The Hall–Kier alpha value is -2.59. The van der Waals surface area contributed by atoms with Crippen LogP contribution in [0, 0.1) is 5.92 Å². The zero-order valence-corrected chi connectivity index (χ0v) is 15.6. The smallest absolute Gasteiger partial charge is 0.310 e. The molecule has 0 aliphatic carbocycles. The summed E-state index contributed by atoms with van der Waals surface area (Å²) in [6, 6.07) is 19.4. The maximum absolute atomic E-state index is 12.5. The summed E-state index contributed by atoms with van der Waals surface area (Å²) in [7, 11) is 1.51. The van der Waals surface area contributed by atoms with E-state index < -0.39 is 0 Å². The molecule has 4 heteroatoms. The minimum Gasteiger partial charge on any atom is -0.469 e. The third-order valence-corrected chi connectivity index (χ3v) is 6.24. The van der Waals surface area contributed by atoms with E-state index in [9.17, 15) is 4.79 Å². The lowest BCUT2D eigenvalue weighted by Crippen LogP contribution is -2.36. The van der Waals surface area contributed by atoms with Crippen LogP contribution in [0.3, 0.4) is 0 Å². The van der Waals surface area contributed by atoms with Crippen molar-refractivity contribution in [1.29, 1.82) is 0 Å². The van der Waals surface area contributed by atoms with Gasteiger partial charge in [-0.3, -0.25) is 9.69 Å². The molecule has 0 radical (unpaired) electrons. The molecule has 0 N–H and O–H groups in total. The SMILES string of the molecule is COC(=O)[C@H]1CCN2CCc3c(n(Cc4ccccc4)c4ccccc34)[C@@H]12. The van der Waals surface area contributed by atoms with Crippen LogP contribution >= 0.6 is 0 Å². The largest absolute Gasteiger partial charge is 0.469 e. The topological polar surface area (TPSA) is 34.5 Å². The number of ether oxygens (including phenoxy) is 1. The zero-order chi connectivity index (χ0) is 18.4. The molecule has 0 unspecified atom stereocenters. The van der Waals surface area contributed by atoms with Gasteiger partial charge in [-0.25, -0.2) is 0 Å². The minimum absolute atomic E-state index is 0.0760. The van der Waals surface area contributed by atoms with Crippen molar-refractivity contribution in [1.82, 2.24) is 9.47 Å². The van der Waals surface area contributed by atoms with Gasteiger partial charge in [-0.05, 0) is 36.6 Å². The first-order valence-electron chi connectivity index (χ1n) is 9.73. The molecule has 0 saturated carbocycles. The van der Waals surface area contributed by atoms with Crippen molar-refractivity contribution in [2.45, 2.75) is 25.4 Å². The molecule has 5 rings (SSSR count). The zero-order valence-electron chi connectivity index (χ0n) is 15.6. The summed E-state index contributed by atoms with van der Waals surface area (Å²) in [6.45, 7) is 2.82. The average molecular weight is 360 g/mol. The van der Waals surface area contributed by atoms with Crippen molar-refractivity contribution in [2.75, 3.05) is 20.2 Å². The highest BCUT2D eigenvalue weighted by Crippen LogP contribution is 2.45. The van der Waals surface area contributed by atoms with Crippen LogP contribution in [0.15, 0.2) is 54.6 Å².